The highest BCUT2D eigenvalue weighted by Gasteiger charge is 2.48. The molecule has 0 bridgehead atoms. The minimum atomic E-state index is -4.63. The average molecular weight is 461 g/mol. The Hall–Kier alpha value is -3.17. The summed E-state index contributed by atoms with van der Waals surface area (Å²) in [7, 11) is 0. The summed E-state index contributed by atoms with van der Waals surface area (Å²) in [6.45, 7) is 5.18. The van der Waals surface area contributed by atoms with Crippen LogP contribution in [0.1, 0.15) is 44.8 Å². The number of rotatable bonds is 5. The molecule has 1 saturated carbocycles. The van der Waals surface area contributed by atoms with Crippen LogP contribution < -0.4 is 9.64 Å². The molecular weight excluding hydrogens is 438 g/mol. The lowest BCUT2D eigenvalue weighted by molar-refractivity contribution is -0.141. The smallest absolute Gasteiger partial charge is 0.435 e. The molecule has 2 aromatic heterocycles. The number of ether oxygens (including phenoxy) is 1. The van der Waals surface area contributed by atoms with Gasteiger partial charge in [-0.2, -0.15) is 18.3 Å². The zero-order chi connectivity index (χ0) is 23.4. The molecular formula is C23H23F4N5O. The summed E-state index contributed by atoms with van der Waals surface area (Å²) < 4.78 is 61.6. The molecule has 3 heterocycles. The SMILES string of the molecule is CC(C)n1nc(C(F)(F)F)cc1-c1cc(F)ccc1Oc1cncnc1N1CC2(CCC2)C1. The van der Waals surface area contributed by atoms with E-state index >= 15 is 0 Å². The zero-order valence-electron chi connectivity index (χ0n) is 18.2. The van der Waals surface area contributed by atoms with Gasteiger partial charge in [-0.15, -0.1) is 0 Å². The van der Waals surface area contributed by atoms with E-state index in [-0.39, 0.29) is 23.0 Å². The number of halogens is 4. The molecule has 0 unspecified atom stereocenters. The Morgan fingerprint density at radius 1 is 1.09 bits per heavy atom. The van der Waals surface area contributed by atoms with Crippen molar-refractivity contribution in [3.05, 3.63) is 48.3 Å². The number of hydrogen-bond donors (Lipinski definition) is 0. The van der Waals surface area contributed by atoms with Crippen molar-refractivity contribution in [2.75, 3.05) is 18.0 Å². The first-order valence-corrected chi connectivity index (χ1v) is 10.8. The second-order valence-electron chi connectivity index (χ2n) is 9.11. The molecule has 2 fully saturated rings. The quantitative estimate of drug-likeness (QED) is 0.446. The van der Waals surface area contributed by atoms with E-state index in [0.29, 0.717) is 17.0 Å². The molecule has 0 amide bonds. The topological polar surface area (TPSA) is 56.1 Å². The monoisotopic (exact) mass is 461 g/mol. The van der Waals surface area contributed by atoms with Crippen LogP contribution in [-0.4, -0.2) is 32.8 Å². The lowest BCUT2D eigenvalue weighted by Crippen LogP contribution is -2.60. The highest BCUT2D eigenvalue weighted by atomic mass is 19.4. The third-order valence-electron chi connectivity index (χ3n) is 6.38. The van der Waals surface area contributed by atoms with Crippen molar-refractivity contribution in [2.45, 2.75) is 45.3 Å². The Labute approximate surface area is 188 Å². The van der Waals surface area contributed by atoms with Crippen molar-refractivity contribution >= 4 is 5.82 Å². The number of hydrogen-bond acceptors (Lipinski definition) is 5. The number of alkyl halides is 3. The average Bonchev–Trinajstić information content (AvgIpc) is 3.14. The predicted molar refractivity (Wildman–Crippen MR) is 114 cm³/mol. The van der Waals surface area contributed by atoms with Crippen LogP contribution in [0, 0.1) is 11.2 Å². The number of benzene rings is 1. The normalized spacial score (nSPS) is 17.2. The number of anilines is 1. The van der Waals surface area contributed by atoms with E-state index in [1.807, 2.05) is 0 Å². The van der Waals surface area contributed by atoms with Crippen molar-refractivity contribution in [1.29, 1.82) is 0 Å². The van der Waals surface area contributed by atoms with E-state index in [9.17, 15) is 17.6 Å². The summed E-state index contributed by atoms with van der Waals surface area (Å²) >= 11 is 0. The molecule has 2 aliphatic rings. The van der Waals surface area contributed by atoms with Crippen molar-refractivity contribution in [3.63, 3.8) is 0 Å². The van der Waals surface area contributed by atoms with Gasteiger partial charge in [0.1, 0.15) is 17.9 Å². The van der Waals surface area contributed by atoms with Crippen LogP contribution in [0.2, 0.25) is 0 Å². The minimum absolute atomic E-state index is 0.114. The molecule has 1 spiro atoms. The fourth-order valence-corrected chi connectivity index (χ4v) is 4.56. The molecule has 6 nitrogen and oxygen atoms in total. The second-order valence-corrected chi connectivity index (χ2v) is 9.11. The van der Waals surface area contributed by atoms with Gasteiger partial charge in [0.05, 0.1) is 11.9 Å². The molecule has 0 radical (unpaired) electrons. The Morgan fingerprint density at radius 3 is 2.48 bits per heavy atom. The van der Waals surface area contributed by atoms with Crippen LogP contribution in [0.4, 0.5) is 23.4 Å². The van der Waals surface area contributed by atoms with Crippen molar-refractivity contribution in [1.82, 2.24) is 19.7 Å². The lowest BCUT2D eigenvalue weighted by Gasteiger charge is -2.56. The fraction of sp³-hybridized carbons (Fsp3) is 0.435. The van der Waals surface area contributed by atoms with Crippen LogP contribution in [-0.2, 0) is 6.18 Å². The Balaban J connectivity index is 1.52. The molecule has 3 aromatic rings. The van der Waals surface area contributed by atoms with Crippen LogP contribution in [0.5, 0.6) is 11.5 Å². The number of nitrogens with zero attached hydrogens (tertiary/aromatic N) is 5. The van der Waals surface area contributed by atoms with Crippen molar-refractivity contribution in [2.24, 2.45) is 5.41 Å². The van der Waals surface area contributed by atoms with Crippen molar-refractivity contribution in [3.8, 4) is 22.8 Å². The zero-order valence-corrected chi connectivity index (χ0v) is 18.2. The third kappa shape index (κ3) is 3.91. The van der Waals surface area contributed by atoms with E-state index in [1.54, 1.807) is 13.8 Å². The largest absolute Gasteiger partial charge is 0.451 e. The molecule has 5 rings (SSSR count). The van der Waals surface area contributed by atoms with E-state index < -0.39 is 17.7 Å². The highest BCUT2D eigenvalue weighted by molar-refractivity contribution is 5.70. The van der Waals surface area contributed by atoms with Gasteiger partial charge in [-0.3, -0.25) is 4.68 Å². The molecule has 0 N–H and O–H groups in total. The molecule has 1 aliphatic heterocycles. The first-order chi connectivity index (χ1) is 15.7. The molecule has 10 heteroatoms. The second kappa shape index (κ2) is 7.71. The van der Waals surface area contributed by atoms with E-state index in [1.165, 1.54) is 48.6 Å². The lowest BCUT2D eigenvalue weighted by atomic mass is 9.63. The van der Waals surface area contributed by atoms with Gasteiger partial charge in [0.15, 0.2) is 17.3 Å². The maximum absolute atomic E-state index is 14.2. The maximum atomic E-state index is 14.2. The number of aromatic nitrogens is 4. The fourth-order valence-electron chi connectivity index (χ4n) is 4.56. The van der Waals surface area contributed by atoms with Gasteiger partial charge in [-0.05, 0) is 51.0 Å². The standard InChI is InChI=1S/C23H23F4N5O/c1-14(2)32-17(9-20(30-32)23(25,26)27)16-8-15(24)4-5-18(16)33-19-10-28-13-29-21(19)31-11-22(12-31)6-3-7-22/h4-5,8-10,13-14H,3,6-7,11-12H2,1-2H3. The van der Waals surface area contributed by atoms with Crippen molar-refractivity contribution < 1.29 is 22.3 Å². The molecule has 33 heavy (non-hydrogen) atoms. The van der Waals surface area contributed by atoms with Crippen LogP contribution in [0.3, 0.4) is 0 Å². The van der Waals surface area contributed by atoms with Crippen LogP contribution in [0.15, 0.2) is 36.8 Å². The summed E-state index contributed by atoms with van der Waals surface area (Å²) in [4.78, 5) is 10.5. The summed E-state index contributed by atoms with van der Waals surface area (Å²) in [5, 5.41) is 3.72. The summed E-state index contributed by atoms with van der Waals surface area (Å²) in [5.74, 6) is 0.584. The van der Waals surface area contributed by atoms with Crippen LogP contribution >= 0.6 is 0 Å². The van der Waals surface area contributed by atoms with E-state index in [4.69, 9.17) is 4.74 Å². The maximum Gasteiger partial charge on any atom is 0.435 e. The van der Waals surface area contributed by atoms with Gasteiger partial charge in [0.25, 0.3) is 0 Å². The van der Waals surface area contributed by atoms with Gasteiger partial charge >= 0.3 is 6.18 Å². The van der Waals surface area contributed by atoms with Gasteiger partial charge in [0.2, 0.25) is 0 Å². The third-order valence-corrected chi connectivity index (χ3v) is 6.38. The van der Waals surface area contributed by atoms with Gasteiger partial charge < -0.3 is 9.64 Å². The predicted octanol–water partition coefficient (Wildman–Crippen LogP) is 5.86. The van der Waals surface area contributed by atoms with Crippen LogP contribution in [0.25, 0.3) is 11.3 Å². The molecule has 174 valence electrons. The first kappa shape index (κ1) is 21.7. The van der Waals surface area contributed by atoms with E-state index in [2.05, 4.69) is 20.0 Å². The van der Waals surface area contributed by atoms with Gasteiger partial charge in [-0.25, -0.2) is 14.4 Å². The highest BCUT2D eigenvalue weighted by Crippen LogP contribution is 2.50. The molecule has 1 aliphatic carbocycles. The van der Waals surface area contributed by atoms with Gasteiger partial charge in [0, 0.05) is 30.1 Å². The summed E-state index contributed by atoms with van der Waals surface area (Å²) in [6, 6.07) is 4.29. The summed E-state index contributed by atoms with van der Waals surface area (Å²) in [6.07, 6.45) is 1.97. The minimum Gasteiger partial charge on any atom is -0.451 e. The summed E-state index contributed by atoms with van der Waals surface area (Å²) in [5.41, 5.74) is -0.402. The Morgan fingerprint density at radius 2 is 1.85 bits per heavy atom. The Kier molecular flexibility index (Phi) is 5.06. The molecule has 1 aromatic carbocycles. The Bertz CT molecular complexity index is 1180. The van der Waals surface area contributed by atoms with E-state index in [0.717, 1.165) is 25.2 Å². The van der Waals surface area contributed by atoms with Gasteiger partial charge in [-0.1, -0.05) is 6.42 Å². The molecule has 0 atom stereocenters. The first-order valence-electron chi connectivity index (χ1n) is 10.8. The molecule has 1 saturated heterocycles.